The Balaban J connectivity index is 1.52. The average Bonchev–Trinajstić information content (AvgIpc) is 3.12. The molecule has 0 spiro atoms. The first kappa shape index (κ1) is 16.4. The molecule has 3 heterocycles. The van der Waals surface area contributed by atoms with Gasteiger partial charge in [-0.2, -0.15) is 0 Å². The van der Waals surface area contributed by atoms with Crippen LogP contribution < -0.4 is 4.74 Å². The number of piperazine rings is 1. The monoisotopic (exact) mass is 336 g/mol. The van der Waals surface area contributed by atoms with E-state index in [9.17, 15) is 0 Å². The molecule has 126 valence electrons. The Bertz CT molecular complexity index is 627. The van der Waals surface area contributed by atoms with Gasteiger partial charge in [0, 0.05) is 45.1 Å². The lowest BCUT2D eigenvalue weighted by Gasteiger charge is -2.39. The Kier molecular flexibility index (Phi) is 5.24. The van der Waals surface area contributed by atoms with E-state index in [0.717, 1.165) is 43.6 Å². The van der Waals surface area contributed by atoms with Crippen LogP contribution in [0.4, 0.5) is 0 Å². The van der Waals surface area contributed by atoms with Gasteiger partial charge in [-0.15, -0.1) is 10.2 Å². The third-order valence-electron chi connectivity index (χ3n) is 4.19. The first-order valence-corrected chi connectivity index (χ1v) is 8.85. The number of rotatable bonds is 6. The van der Waals surface area contributed by atoms with Crippen molar-refractivity contribution in [3.05, 3.63) is 23.2 Å². The summed E-state index contributed by atoms with van der Waals surface area (Å²) in [5.74, 6) is 1.12. The number of aryl methyl sites for hydroxylation is 1. The Morgan fingerprint density at radius 2 is 2.17 bits per heavy atom. The van der Waals surface area contributed by atoms with Gasteiger partial charge in [0.25, 0.3) is 5.19 Å². The normalized spacial score (nSPS) is 20.0. The van der Waals surface area contributed by atoms with Crippen molar-refractivity contribution in [2.75, 3.05) is 26.2 Å². The highest BCUT2D eigenvalue weighted by Crippen LogP contribution is 2.21. The predicted molar refractivity (Wildman–Crippen MR) is 89.4 cm³/mol. The summed E-state index contributed by atoms with van der Waals surface area (Å²) in [6.45, 7) is 9.76. The molecule has 23 heavy (non-hydrogen) atoms. The molecule has 7 nitrogen and oxygen atoms in total. The number of aromatic nitrogens is 4. The molecule has 0 amide bonds. The standard InChI is InChI=1S/C15H24N6OS/c1-4-22-15-18-17-14(23-15)11-20-7-8-21(12(2)9-20)10-13-16-5-6-19(13)3/h5-6,12H,4,7-11H2,1-3H3/t12-/m0/s1. The summed E-state index contributed by atoms with van der Waals surface area (Å²) in [4.78, 5) is 9.36. The van der Waals surface area contributed by atoms with Crippen LogP contribution >= 0.6 is 11.3 Å². The Labute approximate surface area is 140 Å². The van der Waals surface area contributed by atoms with E-state index < -0.39 is 0 Å². The van der Waals surface area contributed by atoms with Crippen molar-refractivity contribution in [3.8, 4) is 5.19 Å². The minimum atomic E-state index is 0.500. The Morgan fingerprint density at radius 1 is 1.30 bits per heavy atom. The van der Waals surface area contributed by atoms with Crippen molar-refractivity contribution in [2.24, 2.45) is 7.05 Å². The second kappa shape index (κ2) is 7.37. The zero-order valence-corrected chi connectivity index (χ0v) is 14.8. The summed E-state index contributed by atoms with van der Waals surface area (Å²) < 4.78 is 7.49. The molecule has 0 aromatic carbocycles. The van der Waals surface area contributed by atoms with E-state index >= 15 is 0 Å². The van der Waals surface area contributed by atoms with E-state index in [1.165, 1.54) is 0 Å². The second-order valence-corrected chi connectivity index (χ2v) is 6.93. The maximum atomic E-state index is 5.39. The molecule has 1 saturated heterocycles. The van der Waals surface area contributed by atoms with E-state index in [0.29, 0.717) is 17.8 Å². The van der Waals surface area contributed by atoms with Crippen LogP contribution in [0.25, 0.3) is 0 Å². The molecule has 1 fully saturated rings. The van der Waals surface area contributed by atoms with Crippen LogP contribution in [-0.4, -0.2) is 61.8 Å². The number of imidazole rings is 1. The summed E-state index contributed by atoms with van der Waals surface area (Å²) in [5.41, 5.74) is 0. The first-order valence-electron chi connectivity index (χ1n) is 8.03. The lowest BCUT2D eigenvalue weighted by Crippen LogP contribution is -2.51. The maximum Gasteiger partial charge on any atom is 0.294 e. The number of hydrogen-bond donors (Lipinski definition) is 0. The number of nitrogens with zero attached hydrogens (tertiary/aromatic N) is 6. The fraction of sp³-hybridized carbons (Fsp3) is 0.667. The van der Waals surface area contributed by atoms with Crippen LogP contribution in [0.2, 0.25) is 0 Å². The molecule has 0 radical (unpaired) electrons. The highest BCUT2D eigenvalue weighted by atomic mass is 32.1. The highest BCUT2D eigenvalue weighted by Gasteiger charge is 2.25. The largest absolute Gasteiger partial charge is 0.469 e. The Hall–Kier alpha value is -1.51. The summed E-state index contributed by atoms with van der Waals surface area (Å²) in [5, 5.41) is 9.98. The van der Waals surface area contributed by atoms with Crippen LogP contribution in [0.15, 0.2) is 12.4 Å². The van der Waals surface area contributed by atoms with Crippen LogP contribution in [0.5, 0.6) is 5.19 Å². The molecule has 2 aromatic rings. The summed E-state index contributed by atoms with van der Waals surface area (Å²) in [7, 11) is 2.05. The van der Waals surface area contributed by atoms with Crippen LogP contribution in [0.3, 0.4) is 0 Å². The fourth-order valence-electron chi connectivity index (χ4n) is 2.85. The van der Waals surface area contributed by atoms with Crippen molar-refractivity contribution in [2.45, 2.75) is 33.0 Å². The summed E-state index contributed by atoms with van der Waals surface area (Å²) >= 11 is 1.55. The second-order valence-electron chi connectivity index (χ2n) is 5.90. The number of ether oxygens (including phenoxy) is 1. The molecule has 2 aromatic heterocycles. The summed E-state index contributed by atoms with van der Waals surface area (Å²) in [6.07, 6.45) is 3.86. The topological polar surface area (TPSA) is 59.3 Å². The van der Waals surface area contributed by atoms with E-state index in [1.54, 1.807) is 11.3 Å². The van der Waals surface area contributed by atoms with Gasteiger partial charge < -0.3 is 9.30 Å². The molecule has 1 aliphatic heterocycles. The molecule has 0 N–H and O–H groups in total. The molecule has 0 bridgehead atoms. The van der Waals surface area contributed by atoms with E-state index in [4.69, 9.17) is 4.74 Å². The maximum absolute atomic E-state index is 5.39. The van der Waals surface area contributed by atoms with Crippen LogP contribution in [-0.2, 0) is 20.1 Å². The third kappa shape index (κ3) is 4.07. The van der Waals surface area contributed by atoms with Crippen molar-refractivity contribution < 1.29 is 4.74 Å². The van der Waals surface area contributed by atoms with Crippen LogP contribution in [0.1, 0.15) is 24.7 Å². The van der Waals surface area contributed by atoms with E-state index in [-0.39, 0.29) is 0 Å². The van der Waals surface area contributed by atoms with Gasteiger partial charge in [0.2, 0.25) is 0 Å². The third-order valence-corrected chi connectivity index (χ3v) is 5.01. The minimum Gasteiger partial charge on any atom is -0.469 e. The van der Waals surface area contributed by atoms with Gasteiger partial charge in [-0.3, -0.25) is 9.80 Å². The summed E-state index contributed by atoms with van der Waals surface area (Å²) in [6, 6.07) is 0.500. The minimum absolute atomic E-state index is 0.500. The van der Waals surface area contributed by atoms with Gasteiger partial charge in [0.15, 0.2) is 0 Å². The van der Waals surface area contributed by atoms with E-state index in [1.807, 2.05) is 19.3 Å². The molecule has 3 rings (SSSR count). The van der Waals surface area contributed by atoms with Crippen LogP contribution in [0, 0.1) is 0 Å². The van der Waals surface area contributed by atoms with Gasteiger partial charge >= 0.3 is 0 Å². The molecule has 1 atom stereocenters. The fourth-order valence-corrected chi connectivity index (χ4v) is 3.64. The first-order chi connectivity index (χ1) is 11.2. The lowest BCUT2D eigenvalue weighted by molar-refractivity contribution is 0.0706. The molecule has 0 saturated carbocycles. The molecule has 0 aliphatic carbocycles. The molecular formula is C15H24N6OS. The van der Waals surface area contributed by atoms with Crippen molar-refractivity contribution in [3.63, 3.8) is 0 Å². The highest BCUT2D eigenvalue weighted by molar-refractivity contribution is 7.13. The van der Waals surface area contributed by atoms with Gasteiger partial charge in [0.05, 0.1) is 19.7 Å². The predicted octanol–water partition coefficient (Wildman–Crippen LogP) is 1.38. The van der Waals surface area contributed by atoms with Gasteiger partial charge in [0.1, 0.15) is 10.8 Å². The van der Waals surface area contributed by atoms with Gasteiger partial charge in [-0.1, -0.05) is 11.3 Å². The zero-order chi connectivity index (χ0) is 16.2. The van der Waals surface area contributed by atoms with Crippen molar-refractivity contribution >= 4 is 11.3 Å². The zero-order valence-electron chi connectivity index (χ0n) is 14.0. The lowest BCUT2D eigenvalue weighted by atomic mass is 10.2. The Morgan fingerprint density at radius 3 is 2.87 bits per heavy atom. The van der Waals surface area contributed by atoms with Gasteiger partial charge in [-0.25, -0.2) is 4.98 Å². The molecule has 1 aliphatic rings. The van der Waals surface area contributed by atoms with Gasteiger partial charge in [-0.05, 0) is 13.8 Å². The molecular weight excluding hydrogens is 312 g/mol. The van der Waals surface area contributed by atoms with Crippen molar-refractivity contribution in [1.82, 2.24) is 29.5 Å². The number of hydrogen-bond acceptors (Lipinski definition) is 7. The molecule has 0 unspecified atom stereocenters. The quantitative estimate of drug-likeness (QED) is 0.794. The van der Waals surface area contributed by atoms with E-state index in [2.05, 4.69) is 43.5 Å². The van der Waals surface area contributed by atoms with Crippen molar-refractivity contribution in [1.29, 1.82) is 0 Å². The SMILES string of the molecule is CCOc1nnc(CN2CCN(Cc3nccn3C)[C@@H](C)C2)s1. The smallest absolute Gasteiger partial charge is 0.294 e. The average molecular weight is 336 g/mol. The molecule has 8 heteroatoms.